The molecule has 1 fully saturated rings. The number of rotatable bonds is 1. The maximum atomic E-state index is 11.3. The van der Waals surface area contributed by atoms with E-state index in [-0.39, 0.29) is 11.6 Å². The summed E-state index contributed by atoms with van der Waals surface area (Å²) < 4.78 is 1.66. The lowest BCUT2D eigenvalue weighted by atomic mass is 10.1. The SMILES string of the molecule is CC(C)(C)NC(=O)ON1CCCCS1. The van der Waals surface area contributed by atoms with Crippen LogP contribution in [-0.4, -0.2) is 28.4 Å². The smallest absolute Gasteiger partial charge is 0.340 e. The molecule has 0 aromatic heterocycles. The van der Waals surface area contributed by atoms with Crippen molar-refractivity contribution in [1.82, 2.24) is 9.79 Å². The molecule has 0 aromatic carbocycles. The van der Waals surface area contributed by atoms with Crippen molar-refractivity contribution in [3.05, 3.63) is 0 Å². The van der Waals surface area contributed by atoms with Crippen molar-refractivity contribution in [3.63, 3.8) is 0 Å². The zero-order valence-electron chi connectivity index (χ0n) is 9.00. The summed E-state index contributed by atoms with van der Waals surface area (Å²) in [6.45, 7) is 6.61. The van der Waals surface area contributed by atoms with Gasteiger partial charge in [-0.15, -0.1) is 0 Å². The van der Waals surface area contributed by atoms with Gasteiger partial charge in [0.15, 0.2) is 0 Å². The topological polar surface area (TPSA) is 41.6 Å². The van der Waals surface area contributed by atoms with Gasteiger partial charge in [0.25, 0.3) is 0 Å². The van der Waals surface area contributed by atoms with Crippen LogP contribution in [0.3, 0.4) is 0 Å². The van der Waals surface area contributed by atoms with E-state index in [1.807, 2.05) is 20.8 Å². The Hall–Kier alpha value is -0.420. The Bertz CT molecular complexity index is 197. The average molecular weight is 218 g/mol. The van der Waals surface area contributed by atoms with E-state index >= 15 is 0 Å². The van der Waals surface area contributed by atoms with Crippen LogP contribution in [0, 0.1) is 0 Å². The fraction of sp³-hybridized carbons (Fsp3) is 0.889. The summed E-state index contributed by atoms with van der Waals surface area (Å²) in [6, 6.07) is 0. The summed E-state index contributed by atoms with van der Waals surface area (Å²) in [7, 11) is 0. The van der Waals surface area contributed by atoms with E-state index in [1.54, 1.807) is 16.4 Å². The van der Waals surface area contributed by atoms with Crippen LogP contribution in [0.2, 0.25) is 0 Å². The summed E-state index contributed by atoms with van der Waals surface area (Å²) >= 11 is 1.57. The number of carbonyl (C=O) groups is 1. The number of nitrogens with zero attached hydrogens (tertiary/aromatic N) is 1. The maximum Gasteiger partial charge on any atom is 0.427 e. The van der Waals surface area contributed by atoms with Gasteiger partial charge >= 0.3 is 6.09 Å². The lowest BCUT2D eigenvalue weighted by molar-refractivity contribution is -0.0178. The Labute approximate surface area is 89.5 Å². The first kappa shape index (κ1) is 11.7. The van der Waals surface area contributed by atoms with Crippen molar-refractivity contribution < 1.29 is 9.63 Å². The van der Waals surface area contributed by atoms with E-state index in [1.165, 1.54) is 6.42 Å². The number of amides is 1. The molecule has 14 heavy (non-hydrogen) atoms. The third-order valence-electron chi connectivity index (χ3n) is 1.63. The molecular formula is C9H18N2O2S. The highest BCUT2D eigenvalue weighted by Gasteiger charge is 2.19. The lowest BCUT2D eigenvalue weighted by Gasteiger charge is -2.26. The largest absolute Gasteiger partial charge is 0.427 e. The molecule has 82 valence electrons. The second-order valence-electron chi connectivity index (χ2n) is 4.35. The summed E-state index contributed by atoms with van der Waals surface area (Å²) in [5, 5.41) is 2.75. The Kier molecular flexibility index (Phi) is 4.07. The van der Waals surface area contributed by atoms with E-state index in [0.29, 0.717) is 0 Å². The normalized spacial score (nSPS) is 19.1. The molecule has 0 spiro atoms. The number of hydrogen-bond acceptors (Lipinski definition) is 4. The van der Waals surface area contributed by atoms with Gasteiger partial charge in [-0.1, -0.05) is 4.47 Å². The molecule has 4 nitrogen and oxygen atoms in total. The zero-order chi connectivity index (χ0) is 10.6. The van der Waals surface area contributed by atoms with Gasteiger partial charge in [0.2, 0.25) is 0 Å². The van der Waals surface area contributed by atoms with Crippen molar-refractivity contribution >= 4 is 18.0 Å². The number of hydrogen-bond donors (Lipinski definition) is 1. The second kappa shape index (κ2) is 4.89. The van der Waals surface area contributed by atoms with Crippen molar-refractivity contribution in [1.29, 1.82) is 0 Å². The van der Waals surface area contributed by atoms with Crippen LogP contribution in [0.15, 0.2) is 0 Å². The molecule has 0 aromatic rings. The van der Waals surface area contributed by atoms with Crippen molar-refractivity contribution in [3.8, 4) is 0 Å². The van der Waals surface area contributed by atoms with Gasteiger partial charge in [-0.05, 0) is 45.6 Å². The Morgan fingerprint density at radius 2 is 2.14 bits per heavy atom. The molecule has 0 radical (unpaired) electrons. The summed E-state index contributed by atoms with van der Waals surface area (Å²) in [5.41, 5.74) is -0.239. The molecule has 1 N–H and O–H groups in total. The molecule has 0 atom stereocenters. The third kappa shape index (κ3) is 4.72. The van der Waals surface area contributed by atoms with Crippen molar-refractivity contribution in [2.24, 2.45) is 0 Å². The standard InChI is InChI=1S/C9H18N2O2S/c1-9(2,3)10-8(12)13-11-6-4-5-7-14-11/h4-7H2,1-3H3,(H,10,12). The average Bonchev–Trinajstić information content (AvgIpc) is 2.02. The van der Waals surface area contributed by atoms with Gasteiger partial charge in [0, 0.05) is 17.8 Å². The quantitative estimate of drug-likeness (QED) is 0.685. The maximum absolute atomic E-state index is 11.3. The van der Waals surface area contributed by atoms with Crippen LogP contribution in [0.1, 0.15) is 33.6 Å². The monoisotopic (exact) mass is 218 g/mol. The molecule has 1 heterocycles. The molecule has 1 aliphatic rings. The first-order valence-electron chi connectivity index (χ1n) is 4.88. The van der Waals surface area contributed by atoms with Gasteiger partial charge in [0.1, 0.15) is 0 Å². The minimum Gasteiger partial charge on any atom is -0.340 e. The van der Waals surface area contributed by atoms with Crippen molar-refractivity contribution in [2.75, 3.05) is 12.3 Å². The molecule has 1 aliphatic heterocycles. The Morgan fingerprint density at radius 3 is 2.64 bits per heavy atom. The molecule has 0 saturated carbocycles. The second-order valence-corrected chi connectivity index (χ2v) is 5.42. The Morgan fingerprint density at radius 1 is 1.43 bits per heavy atom. The molecular weight excluding hydrogens is 200 g/mol. The predicted molar refractivity (Wildman–Crippen MR) is 57.8 cm³/mol. The van der Waals surface area contributed by atoms with Gasteiger partial charge in [-0.2, -0.15) is 0 Å². The summed E-state index contributed by atoms with van der Waals surface area (Å²) in [5.74, 6) is 1.03. The molecule has 0 unspecified atom stereocenters. The van der Waals surface area contributed by atoms with Crippen LogP contribution < -0.4 is 5.32 Å². The first-order valence-corrected chi connectivity index (χ1v) is 5.82. The van der Waals surface area contributed by atoms with E-state index < -0.39 is 0 Å². The van der Waals surface area contributed by atoms with Gasteiger partial charge in [0.05, 0.1) is 0 Å². The molecule has 1 saturated heterocycles. The van der Waals surface area contributed by atoms with Crippen LogP contribution in [-0.2, 0) is 4.84 Å². The first-order chi connectivity index (χ1) is 6.47. The number of nitrogens with one attached hydrogen (secondary N) is 1. The van der Waals surface area contributed by atoms with Crippen LogP contribution in [0.4, 0.5) is 4.79 Å². The Balaban J connectivity index is 2.25. The highest BCUT2D eigenvalue weighted by atomic mass is 32.2. The van der Waals surface area contributed by atoms with Crippen molar-refractivity contribution in [2.45, 2.75) is 39.2 Å². The van der Waals surface area contributed by atoms with E-state index in [0.717, 1.165) is 18.7 Å². The fourth-order valence-corrected chi connectivity index (χ4v) is 1.98. The molecule has 1 amide bonds. The van der Waals surface area contributed by atoms with E-state index in [2.05, 4.69) is 5.32 Å². The highest BCUT2D eigenvalue weighted by molar-refractivity contribution is 7.96. The third-order valence-corrected chi connectivity index (χ3v) is 2.65. The zero-order valence-corrected chi connectivity index (χ0v) is 9.82. The summed E-state index contributed by atoms with van der Waals surface area (Å²) in [4.78, 5) is 16.5. The van der Waals surface area contributed by atoms with E-state index in [9.17, 15) is 4.79 Å². The van der Waals surface area contributed by atoms with Crippen LogP contribution in [0.25, 0.3) is 0 Å². The van der Waals surface area contributed by atoms with Crippen LogP contribution >= 0.6 is 11.9 Å². The fourth-order valence-electron chi connectivity index (χ4n) is 1.07. The van der Waals surface area contributed by atoms with Gasteiger partial charge in [-0.3, -0.25) is 0 Å². The van der Waals surface area contributed by atoms with Gasteiger partial charge in [-0.25, -0.2) is 4.79 Å². The predicted octanol–water partition coefficient (Wildman–Crippen LogP) is 2.17. The molecule has 1 rings (SSSR count). The molecule has 5 heteroatoms. The summed E-state index contributed by atoms with van der Waals surface area (Å²) in [6.07, 6.45) is 1.92. The number of carbonyl (C=O) groups excluding carboxylic acids is 1. The minimum absolute atomic E-state index is 0.239. The van der Waals surface area contributed by atoms with Crippen LogP contribution in [0.5, 0.6) is 0 Å². The highest BCUT2D eigenvalue weighted by Crippen LogP contribution is 2.19. The molecule has 0 aliphatic carbocycles. The molecule has 0 bridgehead atoms. The van der Waals surface area contributed by atoms with Gasteiger partial charge < -0.3 is 10.2 Å². The van der Waals surface area contributed by atoms with E-state index in [4.69, 9.17) is 4.84 Å². The lowest BCUT2D eigenvalue weighted by Crippen LogP contribution is -2.43. The number of hydroxylamine groups is 1. The minimum atomic E-state index is -0.369.